The number of anilines is 1. The normalized spacial score (nSPS) is 17.1. The number of hydrogen-bond donors (Lipinski definition) is 2. The summed E-state index contributed by atoms with van der Waals surface area (Å²) in [6, 6.07) is 3.76. The summed E-state index contributed by atoms with van der Waals surface area (Å²) < 4.78 is 5.62. The van der Waals surface area contributed by atoms with Crippen molar-refractivity contribution in [2.24, 2.45) is 0 Å². The first-order chi connectivity index (χ1) is 11.2. The summed E-state index contributed by atoms with van der Waals surface area (Å²) >= 11 is 2.82. The first kappa shape index (κ1) is 16.1. The van der Waals surface area contributed by atoms with Gasteiger partial charge >= 0.3 is 0 Å². The molecule has 0 aliphatic carbocycles. The van der Waals surface area contributed by atoms with E-state index in [-0.39, 0.29) is 24.3 Å². The van der Waals surface area contributed by atoms with Gasteiger partial charge in [-0.15, -0.1) is 22.7 Å². The Labute approximate surface area is 141 Å². The van der Waals surface area contributed by atoms with Gasteiger partial charge in [0.25, 0.3) is 5.91 Å². The number of nitrogens with zero attached hydrogens (tertiary/aromatic N) is 1. The lowest BCUT2D eigenvalue weighted by Gasteiger charge is -2.05. The van der Waals surface area contributed by atoms with E-state index in [4.69, 9.17) is 4.74 Å². The number of aromatic nitrogens is 1. The molecule has 1 atom stereocenters. The van der Waals surface area contributed by atoms with E-state index >= 15 is 0 Å². The molecule has 1 fully saturated rings. The average Bonchev–Trinajstić information content (AvgIpc) is 3.28. The molecule has 0 spiro atoms. The van der Waals surface area contributed by atoms with Crippen molar-refractivity contribution in [1.82, 2.24) is 10.3 Å². The SMILES string of the molecule is O=C(CCNC(=O)c1ccc([C@@H]2CCCO2)s1)Nc1nccs1. The number of carbonyl (C=O) groups excluding carboxylic acids is 2. The molecule has 0 saturated carbocycles. The Bertz CT molecular complexity index is 663. The van der Waals surface area contributed by atoms with E-state index in [1.807, 2.05) is 12.1 Å². The van der Waals surface area contributed by atoms with Gasteiger partial charge in [-0.2, -0.15) is 0 Å². The monoisotopic (exact) mass is 351 g/mol. The summed E-state index contributed by atoms with van der Waals surface area (Å²) in [7, 11) is 0. The highest BCUT2D eigenvalue weighted by atomic mass is 32.1. The quantitative estimate of drug-likeness (QED) is 0.839. The molecule has 2 aromatic heterocycles. The zero-order valence-corrected chi connectivity index (χ0v) is 14.0. The number of ether oxygens (including phenoxy) is 1. The first-order valence-corrected chi connectivity index (χ1v) is 9.11. The van der Waals surface area contributed by atoms with Gasteiger partial charge < -0.3 is 15.4 Å². The van der Waals surface area contributed by atoms with Crippen LogP contribution in [0.4, 0.5) is 5.13 Å². The Hall–Kier alpha value is -1.77. The lowest BCUT2D eigenvalue weighted by atomic mass is 10.2. The van der Waals surface area contributed by atoms with Gasteiger partial charge in [-0.3, -0.25) is 9.59 Å². The lowest BCUT2D eigenvalue weighted by molar-refractivity contribution is -0.116. The molecule has 2 amide bonds. The van der Waals surface area contributed by atoms with Crippen LogP contribution in [0, 0.1) is 0 Å². The molecule has 1 aliphatic rings. The fourth-order valence-corrected chi connectivity index (χ4v) is 3.85. The second-order valence-electron chi connectivity index (χ2n) is 5.10. The van der Waals surface area contributed by atoms with Crippen molar-refractivity contribution in [2.45, 2.75) is 25.4 Å². The van der Waals surface area contributed by atoms with Crippen molar-refractivity contribution in [2.75, 3.05) is 18.5 Å². The molecule has 3 heterocycles. The summed E-state index contributed by atoms with van der Waals surface area (Å²) in [4.78, 5) is 29.5. The van der Waals surface area contributed by atoms with Crippen molar-refractivity contribution in [1.29, 1.82) is 0 Å². The van der Waals surface area contributed by atoms with E-state index < -0.39 is 0 Å². The highest BCUT2D eigenvalue weighted by molar-refractivity contribution is 7.14. The molecular weight excluding hydrogens is 334 g/mol. The van der Waals surface area contributed by atoms with Crippen molar-refractivity contribution in [3.8, 4) is 0 Å². The molecule has 6 nitrogen and oxygen atoms in total. The molecular formula is C15H17N3O3S2. The van der Waals surface area contributed by atoms with Gasteiger partial charge in [-0.05, 0) is 25.0 Å². The smallest absolute Gasteiger partial charge is 0.261 e. The average molecular weight is 351 g/mol. The van der Waals surface area contributed by atoms with Gasteiger partial charge in [0, 0.05) is 36.0 Å². The molecule has 2 aromatic rings. The third-order valence-electron chi connectivity index (χ3n) is 3.41. The summed E-state index contributed by atoms with van der Waals surface area (Å²) in [5.74, 6) is -0.312. The second kappa shape index (κ2) is 7.67. The molecule has 0 radical (unpaired) electrons. The number of nitrogens with one attached hydrogen (secondary N) is 2. The van der Waals surface area contributed by atoms with Crippen LogP contribution in [0.3, 0.4) is 0 Å². The number of rotatable bonds is 6. The molecule has 122 valence electrons. The van der Waals surface area contributed by atoms with Crippen LogP contribution in [0.5, 0.6) is 0 Å². The Morgan fingerprint density at radius 1 is 1.39 bits per heavy atom. The van der Waals surface area contributed by atoms with Crippen LogP contribution < -0.4 is 10.6 Å². The van der Waals surface area contributed by atoms with Crippen molar-refractivity contribution in [3.05, 3.63) is 33.5 Å². The molecule has 1 aliphatic heterocycles. The topological polar surface area (TPSA) is 80.3 Å². The lowest BCUT2D eigenvalue weighted by Crippen LogP contribution is -2.27. The maximum absolute atomic E-state index is 12.1. The minimum absolute atomic E-state index is 0.130. The van der Waals surface area contributed by atoms with Crippen molar-refractivity contribution >= 4 is 39.6 Å². The van der Waals surface area contributed by atoms with Crippen LogP contribution in [-0.2, 0) is 9.53 Å². The van der Waals surface area contributed by atoms with Crippen LogP contribution in [0.15, 0.2) is 23.7 Å². The van der Waals surface area contributed by atoms with E-state index in [0.29, 0.717) is 16.6 Å². The number of carbonyl (C=O) groups is 2. The van der Waals surface area contributed by atoms with E-state index in [0.717, 1.165) is 24.3 Å². The molecule has 0 unspecified atom stereocenters. The first-order valence-electron chi connectivity index (χ1n) is 7.41. The third-order valence-corrected chi connectivity index (χ3v) is 5.28. The zero-order valence-electron chi connectivity index (χ0n) is 12.4. The Morgan fingerprint density at radius 2 is 2.30 bits per heavy atom. The molecule has 0 bridgehead atoms. The van der Waals surface area contributed by atoms with E-state index in [1.54, 1.807) is 11.6 Å². The maximum atomic E-state index is 12.1. The van der Waals surface area contributed by atoms with Crippen LogP contribution in [0.2, 0.25) is 0 Å². The van der Waals surface area contributed by atoms with Crippen LogP contribution in [0.1, 0.15) is 39.9 Å². The van der Waals surface area contributed by atoms with E-state index in [9.17, 15) is 9.59 Å². The van der Waals surface area contributed by atoms with E-state index in [2.05, 4.69) is 15.6 Å². The van der Waals surface area contributed by atoms with Gasteiger partial charge in [-0.1, -0.05) is 0 Å². The molecule has 23 heavy (non-hydrogen) atoms. The predicted octanol–water partition coefficient (Wildman–Crippen LogP) is 2.81. The van der Waals surface area contributed by atoms with Gasteiger partial charge in [0.1, 0.15) is 0 Å². The van der Waals surface area contributed by atoms with Crippen molar-refractivity contribution < 1.29 is 14.3 Å². The number of thiophene rings is 1. The maximum Gasteiger partial charge on any atom is 0.261 e. The molecule has 0 aromatic carbocycles. The minimum Gasteiger partial charge on any atom is -0.373 e. The second-order valence-corrected chi connectivity index (χ2v) is 7.10. The summed E-state index contributed by atoms with van der Waals surface area (Å²) in [5, 5.41) is 7.81. The summed E-state index contributed by atoms with van der Waals surface area (Å²) in [6.07, 6.45) is 4.06. The summed E-state index contributed by atoms with van der Waals surface area (Å²) in [6.45, 7) is 1.08. The fraction of sp³-hybridized carbons (Fsp3) is 0.400. The Morgan fingerprint density at radius 3 is 3.04 bits per heavy atom. The number of amides is 2. The largest absolute Gasteiger partial charge is 0.373 e. The molecule has 1 saturated heterocycles. The molecule has 3 rings (SSSR count). The summed E-state index contributed by atoms with van der Waals surface area (Å²) in [5.41, 5.74) is 0. The third kappa shape index (κ3) is 4.37. The van der Waals surface area contributed by atoms with Crippen molar-refractivity contribution in [3.63, 3.8) is 0 Å². The van der Waals surface area contributed by atoms with Crippen LogP contribution >= 0.6 is 22.7 Å². The molecule has 2 N–H and O–H groups in total. The van der Waals surface area contributed by atoms with Gasteiger partial charge in [-0.25, -0.2) is 4.98 Å². The fourth-order valence-electron chi connectivity index (χ4n) is 2.29. The van der Waals surface area contributed by atoms with Crippen LogP contribution in [-0.4, -0.2) is 29.9 Å². The standard InChI is InChI=1S/C15H17N3O3S2/c19-13(18-15-17-7-9-22-15)5-6-16-14(20)12-4-3-11(23-12)10-2-1-8-21-10/h3-4,7,9-10H,1-2,5-6,8H2,(H,16,20)(H,17,18,19)/t10-/m0/s1. The van der Waals surface area contributed by atoms with Gasteiger partial charge in [0.15, 0.2) is 5.13 Å². The zero-order chi connectivity index (χ0) is 16.1. The number of thiazole rings is 1. The van der Waals surface area contributed by atoms with Crippen LogP contribution in [0.25, 0.3) is 0 Å². The highest BCUT2D eigenvalue weighted by Crippen LogP contribution is 2.33. The van der Waals surface area contributed by atoms with Gasteiger partial charge in [0.2, 0.25) is 5.91 Å². The minimum atomic E-state index is -0.161. The Kier molecular flexibility index (Phi) is 5.37. The Balaban J connectivity index is 1.43. The molecule has 8 heteroatoms. The van der Waals surface area contributed by atoms with Gasteiger partial charge in [0.05, 0.1) is 11.0 Å². The van der Waals surface area contributed by atoms with E-state index in [1.165, 1.54) is 22.7 Å². The number of hydrogen-bond acceptors (Lipinski definition) is 6. The highest BCUT2D eigenvalue weighted by Gasteiger charge is 2.20. The predicted molar refractivity (Wildman–Crippen MR) is 89.9 cm³/mol.